The molecule has 0 aliphatic heterocycles. The Bertz CT molecular complexity index is 762. The van der Waals surface area contributed by atoms with Crippen molar-refractivity contribution < 1.29 is 24.2 Å². The van der Waals surface area contributed by atoms with Crippen LogP contribution in [0, 0.1) is 0 Å². The Balaban J connectivity index is 2.85. The van der Waals surface area contributed by atoms with E-state index in [0.29, 0.717) is 15.9 Å². The Morgan fingerprint density at radius 1 is 1.33 bits per heavy atom. The molecule has 0 aliphatic carbocycles. The summed E-state index contributed by atoms with van der Waals surface area (Å²) in [6, 6.07) is 4.66. The number of ether oxygens (including phenoxy) is 1. The maximum Gasteiger partial charge on any atom is 0.377 e. The van der Waals surface area contributed by atoms with E-state index in [-0.39, 0.29) is 17.9 Å². The van der Waals surface area contributed by atoms with Crippen LogP contribution in [0.2, 0.25) is 5.02 Å². The van der Waals surface area contributed by atoms with Crippen LogP contribution in [-0.4, -0.2) is 34.0 Å². The van der Waals surface area contributed by atoms with Crippen molar-refractivity contribution in [1.82, 2.24) is 4.57 Å². The highest BCUT2D eigenvalue weighted by Crippen LogP contribution is 2.29. The molecular weight excluding hydrogens is 298 g/mol. The first kappa shape index (κ1) is 15.1. The summed E-state index contributed by atoms with van der Waals surface area (Å²) in [5, 5.41) is 9.61. The number of nitrogens with zero attached hydrogens (tertiary/aromatic N) is 1. The second kappa shape index (κ2) is 5.57. The highest BCUT2D eigenvalue weighted by molar-refractivity contribution is 6.44. The van der Waals surface area contributed by atoms with E-state index in [4.69, 9.17) is 21.4 Å². The molecular formula is C14H12ClNO5. The first-order valence-corrected chi connectivity index (χ1v) is 6.49. The van der Waals surface area contributed by atoms with Crippen molar-refractivity contribution in [3.63, 3.8) is 0 Å². The lowest BCUT2D eigenvalue weighted by atomic mass is 10.1. The number of carbonyl (C=O) groups is 3. The number of aryl methyl sites for hydroxylation is 1. The van der Waals surface area contributed by atoms with Crippen molar-refractivity contribution in [3.05, 3.63) is 34.5 Å². The van der Waals surface area contributed by atoms with Crippen LogP contribution in [0.4, 0.5) is 0 Å². The highest BCUT2D eigenvalue weighted by Gasteiger charge is 2.30. The molecule has 2 rings (SSSR count). The van der Waals surface area contributed by atoms with Gasteiger partial charge in [0.05, 0.1) is 12.2 Å². The van der Waals surface area contributed by atoms with Crippen LogP contribution in [0.3, 0.4) is 0 Å². The SMILES string of the molecule is CCOC(=O)c1c(C(=O)C(=O)O)c2cc(Cl)ccc2n1C. The molecule has 0 saturated heterocycles. The van der Waals surface area contributed by atoms with E-state index < -0.39 is 17.7 Å². The van der Waals surface area contributed by atoms with Crippen LogP contribution < -0.4 is 0 Å². The smallest absolute Gasteiger partial charge is 0.377 e. The van der Waals surface area contributed by atoms with Gasteiger partial charge in [-0.3, -0.25) is 4.79 Å². The number of halogens is 1. The van der Waals surface area contributed by atoms with E-state index >= 15 is 0 Å². The molecule has 6 nitrogen and oxygen atoms in total. The summed E-state index contributed by atoms with van der Waals surface area (Å²) >= 11 is 5.89. The summed E-state index contributed by atoms with van der Waals surface area (Å²) < 4.78 is 6.33. The fourth-order valence-corrected chi connectivity index (χ4v) is 2.36. The molecule has 110 valence electrons. The first-order chi connectivity index (χ1) is 9.88. The van der Waals surface area contributed by atoms with E-state index in [2.05, 4.69) is 0 Å². The Morgan fingerprint density at radius 2 is 2.00 bits per heavy atom. The van der Waals surface area contributed by atoms with Gasteiger partial charge in [-0.1, -0.05) is 11.6 Å². The fraction of sp³-hybridized carbons (Fsp3) is 0.214. The summed E-state index contributed by atoms with van der Waals surface area (Å²) in [4.78, 5) is 35.0. The zero-order valence-electron chi connectivity index (χ0n) is 11.3. The average molecular weight is 310 g/mol. The number of ketones is 1. The zero-order valence-corrected chi connectivity index (χ0v) is 12.1. The largest absolute Gasteiger partial charge is 0.475 e. The number of carbonyl (C=O) groups excluding carboxylic acids is 2. The van der Waals surface area contributed by atoms with Crippen molar-refractivity contribution in [2.75, 3.05) is 6.61 Å². The second-order valence-electron chi connectivity index (χ2n) is 4.30. The number of hydrogen-bond acceptors (Lipinski definition) is 4. The predicted octanol–water partition coefficient (Wildman–Crippen LogP) is 2.28. The molecule has 0 bridgehead atoms. The zero-order chi connectivity index (χ0) is 15.7. The molecule has 1 aromatic heterocycles. The molecule has 7 heteroatoms. The third kappa shape index (κ3) is 2.50. The predicted molar refractivity (Wildman–Crippen MR) is 75.9 cm³/mol. The molecule has 0 aliphatic rings. The molecule has 2 aromatic rings. The lowest BCUT2D eigenvalue weighted by molar-refractivity contribution is -0.131. The van der Waals surface area contributed by atoms with Gasteiger partial charge in [0, 0.05) is 23.0 Å². The minimum atomic E-state index is -1.65. The summed E-state index contributed by atoms with van der Waals surface area (Å²) in [6.07, 6.45) is 0. The van der Waals surface area contributed by atoms with Gasteiger partial charge in [0.2, 0.25) is 0 Å². The van der Waals surface area contributed by atoms with Gasteiger partial charge >= 0.3 is 11.9 Å². The van der Waals surface area contributed by atoms with E-state index in [1.54, 1.807) is 26.1 Å². The minimum Gasteiger partial charge on any atom is -0.475 e. The minimum absolute atomic E-state index is 0.0958. The normalized spacial score (nSPS) is 10.6. The molecule has 0 radical (unpaired) electrons. The number of aromatic nitrogens is 1. The van der Waals surface area contributed by atoms with Crippen molar-refractivity contribution in [2.24, 2.45) is 7.05 Å². The number of rotatable bonds is 4. The molecule has 0 unspecified atom stereocenters. The maximum atomic E-state index is 12.0. The van der Waals surface area contributed by atoms with Crippen molar-refractivity contribution >= 4 is 40.2 Å². The molecule has 0 atom stereocenters. The van der Waals surface area contributed by atoms with Gasteiger partial charge in [0.1, 0.15) is 5.69 Å². The van der Waals surface area contributed by atoms with Gasteiger partial charge in [-0.05, 0) is 25.1 Å². The second-order valence-corrected chi connectivity index (χ2v) is 4.74. The van der Waals surface area contributed by atoms with Crippen LogP contribution in [0.5, 0.6) is 0 Å². The number of carboxylic acids is 1. The number of fused-ring (bicyclic) bond motifs is 1. The van der Waals surface area contributed by atoms with Gasteiger partial charge in [-0.2, -0.15) is 0 Å². The fourth-order valence-electron chi connectivity index (χ4n) is 2.19. The number of carboxylic acid groups (broad SMARTS) is 1. The lowest BCUT2D eigenvalue weighted by Gasteiger charge is -2.05. The standard InChI is InChI=1S/C14H12ClNO5/c1-3-21-14(20)11-10(12(17)13(18)19)8-6-7(15)4-5-9(8)16(11)2/h4-6H,3H2,1-2H3,(H,18,19). The Morgan fingerprint density at radius 3 is 2.57 bits per heavy atom. The summed E-state index contributed by atoms with van der Waals surface area (Å²) in [6.45, 7) is 1.73. The van der Waals surface area contributed by atoms with Crippen LogP contribution in [0.15, 0.2) is 18.2 Å². The third-order valence-electron chi connectivity index (χ3n) is 3.05. The van der Waals surface area contributed by atoms with Gasteiger partial charge in [0.25, 0.3) is 5.78 Å². The molecule has 0 amide bonds. The molecule has 21 heavy (non-hydrogen) atoms. The number of hydrogen-bond donors (Lipinski definition) is 1. The molecule has 0 spiro atoms. The molecule has 1 aromatic carbocycles. The van der Waals surface area contributed by atoms with Gasteiger partial charge in [-0.25, -0.2) is 9.59 Å². The Hall–Kier alpha value is -2.34. The first-order valence-electron chi connectivity index (χ1n) is 6.11. The van der Waals surface area contributed by atoms with Crippen LogP contribution in [0.1, 0.15) is 27.8 Å². The number of aliphatic carboxylic acids is 1. The van der Waals surface area contributed by atoms with Crippen molar-refractivity contribution in [3.8, 4) is 0 Å². The Kier molecular flexibility index (Phi) is 3.99. The Labute approximate surface area is 124 Å². The van der Waals surface area contributed by atoms with Gasteiger partial charge in [0.15, 0.2) is 0 Å². The topological polar surface area (TPSA) is 85.6 Å². The summed E-state index contributed by atoms with van der Waals surface area (Å²) in [7, 11) is 1.56. The average Bonchev–Trinajstić information content (AvgIpc) is 2.70. The van der Waals surface area contributed by atoms with Crippen LogP contribution in [-0.2, 0) is 16.6 Å². The monoisotopic (exact) mass is 309 g/mol. The quantitative estimate of drug-likeness (QED) is 0.532. The molecule has 0 saturated carbocycles. The molecule has 1 N–H and O–H groups in total. The lowest BCUT2D eigenvalue weighted by Crippen LogP contribution is -2.19. The third-order valence-corrected chi connectivity index (χ3v) is 3.29. The van der Waals surface area contributed by atoms with Crippen molar-refractivity contribution in [2.45, 2.75) is 6.92 Å². The van der Waals surface area contributed by atoms with E-state index in [9.17, 15) is 14.4 Å². The number of benzene rings is 1. The molecule has 0 fully saturated rings. The van der Waals surface area contributed by atoms with E-state index in [0.717, 1.165) is 0 Å². The maximum absolute atomic E-state index is 12.0. The van der Waals surface area contributed by atoms with Gasteiger partial charge in [-0.15, -0.1) is 0 Å². The van der Waals surface area contributed by atoms with Crippen molar-refractivity contribution in [1.29, 1.82) is 0 Å². The van der Waals surface area contributed by atoms with Crippen LogP contribution in [0.25, 0.3) is 10.9 Å². The number of esters is 1. The van der Waals surface area contributed by atoms with E-state index in [1.165, 1.54) is 10.6 Å². The van der Waals surface area contributed by atoms with E-state index in [1.807, 2.05) is 0 Å². The highest BCUT2D eigenvalue weighted by atomic mass is 35.5. The summed E-state index contributed by atoms with van der Waals surface area (Å²) in [5.74, 6) is -3.57. The van der Waals surface area contributed by atoms with Crippen LogP contribution >= 0.6 is 11.6 Å². The molecule has 1 heterocycles. The van der Waals surface area contributed by atoms with Gasteiger partial charge < -0.3 is 14.4 Å². The summed E-state index contributed by atoms with van der Waals surface area (Å²) in [5.41, 5.74) is 0.217. The number of Topliss-reactive ketones (excluding diaryl/α,β-unsaturated/α-hetero) is 1.